The lowest BCUT2D eigenvalue weighted by Crippen LogP contribution is -2.49. The molecule has 0 fully saturated rings. The van der Waals surface area contributed by atoms with E-state index >= 15 is 0 Å². The molecule has 2 amide bonds. The maximum Gasteiger partial charge on any atom is 0.326 e. The fourth-order valence-electron chi connectivity index (χ4n) is 4.74. The molecule has 3 rings (SSSR count). The Morgan fingerprint density at radius 1 is 1.03 bits per heavy atom. The summed E-state index contributed by atoms with van der Waals surface area (Å²) >= 11 is 0. The molecule has 0 saturated heterocycles. The number of nitrogens with one attached hydrogen (secondary N) is 2. The number of urea groups is 1. The van der Waals surface area contributed by atoms with E-state index in [9.17, 15) is 14.7 Å². The number of aromatic nitrogens is 1. The van der Waals surface area contributed by atoms with Gasteiger partial charge >= 0.3 is 12.0 Å². The Bertz CT molecular complexity index is 981. The average molecular weight is 510 g/mol. The standard InChI is InChI=1S/C29H43N5O3/c1-3-34(4-2)29(37)32-26(28(35)36)18-22-33(21-17-23-11-6-5-7-12-23)20-9-8-14-25-16-15-24-13-10-19-30-27(24)31-25/h5-7,11-12,15-16,26H,3-4,8-10,13-14,17-22H2,1-2H3,(H,30,31)(H,32,37)(H,35,36)/t26-/m0/s1. The summed E-state index contributed by atoms with van der Waals surface area (Å²) in [6, 6.07) is 13.5. The zero-order chi connectivity index (χ0) is 26.5. The zero-order valence-corrected chi connectivity index (χ0v) is 22.4. The lowest BCUT2D eigenvalue weighted by molar-refractivity contribution is -0.139. The number of benzene rings is 1. The van der Waals surface area contributed by atoms with Crippen LogP contribution in [0.4, 0.5) is 10.6 Å². The van der Waals surface area contributed by atoms with Gasteiger partial charge in [-0.15, -0.1) is 0 Å². The van der Waals surface area contributed by atoms with Gasteiger partial charge in [-0.25, -0.2) is 14.6 Å². The Morgan fingerprint density at radius 3 is 2.54 bits per heavy atom. The third kappa shape index (κ3) is 9.35. The minimum Gasteiger partial charge on any atom is -0.480 e. The monoisotopic (exact) mass is 509 g/mol. The quantitative estimate of drug-likeness (QED) is 0.311. The largest absolute Gasteiger partial charge is 0.480 e. The van der Waals surface area contributed by atoms with Crippen molar-refractivity contribution in [3.63, 3.8) is 0 Å². The topological polar surface area (TPSA) is 97.8 Å². The lowest BCUT2D eigenvalue weighted by atomic mass is 10.1. The third-order valence-corrected chi connectivity index (χ3v) is 7.05. The highest BCUT2D eigenvalue weighted by Gasteiger charge is 2.23. The summed E-state index contributed by atoms with van der Waals surface area (Å²) in [7, 11) is 0. The van der Waals surface area contributed by atoms with Crippen LogP contribution in [0.3, 0.4) is 0 Å². The van der Waals surface area contributed by atoms with E-state index in [-0.39, 0.29) is 6.03 Å². The van der Waals surface area contributed by atoms with Crippen LogP contribution in [0.15, 0.2) is 42.5 Å². The molecular weight excluding hydrogens is 466 g/mol. The van der Waals surface area contributed by atoms with Crippen LogP contribution in [0.2, 0.25) is 0 Å². The highest BCUT2D eigenvalue weighted by atomic mass is 16.4. The normalized spacial score (nSPS) is 13.5. The van der Waals surface area contributed by atoms with Crippen LogP contribution in [0.5, 0.6) is 0 Å². The average Bonchev–Trinajstić information content (AvgIpc) is 2.92. The van der Waals surface area contributed by atoms with Gasteiger partial charge in [-0.1, -0.05) is 36.4 Å². The molecule has 0 spiro atoms. The van der Waals surface area contributed by atoms with Crippen molar-refractivity contribution in [2.45, 2.75) is 64.8 Å². The second-order valence-corrected chi connectivity index (χ2v) is 9.68. The SMILES string of the molecule is CCN(CC)C(=O)N[C@@H](CCN(CCCCc1ccc2c(n1)NCCC2)CCc1ccccc1)C(=O)O. The molecule has 3 N–H and O–H groups in total. The summed E-state index contributed by atoms with van der Waals surface area (Å²) in [4.78, 5) is 33.1. The van der Waals surface area contributed by atoms with E-state index in [1.54, 1.807) is 4.90 Å². The van der Waals surface area contributed by atoms with Gasteiger partial charge in [0.2, 0.25) is 0 Å². The van der Waals surface area contributed by atoms with E-state index in [0.717, 1.165) is 69.7 Å². The van der Waals surface area contributed by atoms with Crippen molar-refractivity contribution in [1.82, 2.24) is 20.1 Å². The molecule has 1 atom stereocenters. The first-order chi connectivity index (χ1) is 18.0. The van der Waals surface area contributed by atoms with Crippen LogP contribution >= 0.6 is 0 Å². The van der Waals surface area contributed by atoms with Crippen LogP contribution in [0, 0.1) is 0 Å². The molecule has 202 valence electrons. The molecular formula is C29H43N5O3. The van der Waals surface area contributed by atoms with Crippen molar-refractivity contribution in [3.05, 3.63) is 59.3 Å². The van der Waals surface area contributed by atoms with Crippen LogP contribution in [-0.4, -0.2) is 77.2 Å². The third-order valence-electron chi connectivity index (χ3n) is 7.05. The smallest absolute Gasteiger partial charge is 0.326 e. The molecule has 0 saturated carbocycles. The number of nitrogens with zero attached hydrogens (tertiary/aromatic N) is 3. The first kappa shape index (κ1) is 28.4. The number of aliphatic carboxylic acids is 1. The number of carbonyl (C=O) groups is 2. The minimum atomic E-state index is -0.990. The molecule has 0 radical (unpaired) electrons. The van der Waals surface area contributed by atoms with Crippen LogP contribution in [0.1, 0.15) is 56.4 Å². The number of anilines is 1. The second-order valence-electron chi connectivity index (χ2n) is 9.68. The number of fused-ring (bicyclic) bond motifs is 1. The number of hydrogen-bond acceptors (Lipinski definition) is 5. The number of hydrogen-bond donors (Lipinski definition) is 3. The number of carboxylic acid groups (broad SMARTS) is 1. The number of amides is 2. The molecule has 0 aliphatic carbocycles. The molecule has 2 heterocycles. The van der Waals surface area contributed by atoms with Crippen LogP contribution in [0.25, 0.3) is 0 Å². The summed E-state index contributed by atoms with van der Waals surface area (Å²) in [5.74, 6) is 0.0512. The van der Waals surface area contributed by atoms with Crippen molar-refractivity contribution in [1.29, 1.82) is 0 Å². The van der Waals surface area contributed by atoms with Crippen molar-refractivity contribution < 1.29 is 14.7 Å². The fraction of sp³-hybridized carbons (Fsp3) is 0.552. The number of rotatable bonds is 15. The van der Waals surface area contributed by atoms with Gasteiger partial charge in [-0.3, -0.25) is 0 Å². The highest BCUT2D eigenvalue weighted by Crippen LogP contribution is 2.20. The molecule has 0 bridgehead atoms. The molecule has 37 heavy (non-hydrogen) atoms. The second kappa shape index (κ2) is 15.2. The number of carboxylic acids is 1. The Morgan fingerprint density at radius 2 is 1.81 bits per heavy atom. The van der Waals surface area contributed by atoms with E-state index in [4.69, 9.17) is 4.98 Å². The van der Waals surface area contributed by atoms with Crippen molar-refractivity contribution in [2.75, 3.05) is 44.6 Å². The van der Waals surface area contributed by atoms with Crippen molar-refractivity contribution in [3.8, 4) is 0 Å². The maximum absolute atomic E-state index is 12.4. The van der Waals surface area contributed by atoms with E-state index < -0.39 is 12.0 Å². The Kier molecular flexibility index (Phi) is 11.7. The fourth-order valence-corrected chi connectivity index (χ4v) is 4.74. The molecule has 8 heteroatoms. The molecule has 1 aromatic heterocycles. The number of unbranched alkanes of at least 4 members (excludes halogenated alkanes) is 1. The summed E-state index contributed by atoms with van der Waals surface area (Å²) in [6.07, 6.45) is 6.49. The van der Waals surface area contributed by atoms with Gasteiger partial charge < -0.3 is 25.5 Å². The molecule has 1 aliphatic rings. The van der Waals surface area contributed by atoms with Gasteiger partial charge in [-0.05, 0) is 82.5 Å². The number of pyridine rings is 1. The molecule has 0 unspecified atom stereocenters. The van der Waals surface area contributed by atoms with Gasteiger partial charge in [0.05, 0.1) is 0 Å². The van der Waals surface area contributed by atoms with Crippen molar-refractivity contribution in [2.24, 2.45) is 0 Å². The molecule has 2 aromatic rings. The van der Waals surface area contributed by atoms with Gasteiger partial charge in [0.25, 0.3) is 0 Å². The molecule has 1 aromatic carbocycles. The molecule has 8 nitrogen and oxygen atoms in total. The van der Waals surface area contributed by atoms with Crippen LogP contribution in [-0.2, 0) is 24.1 Å². The summed E-state index contributed by atoms with van der Waals surface area (Å²) in [5.41, 5.74) is 3.69. The highest BCUT2D eigenvalue weighted by molar-refractivity contribution is 5.82. The zero-order valence-electron chi connectivity index (χ0n) is 22.4. The van der Waals surface area contributed by atoms with Gasteiger partial charge in [-0.2, -0.15) is 0 Å². The predicted octanol–water partition coefficient (Wildman–Crippen LogP) is 4.20. The van der Waals surface area contributed by atoms with E-state index in [0.29, 0.717) is 26.1 Å². The Balaban J connectivity index is 1.53. The lowest BCUT2D eigenvalue weighted by Gasteiger charge is -2.26. The first-order valence-corrected chi connectivity index (χ1v) is 13.8. The van der Waals surface area contributed by atoms with E-state index in [1.807, 2.05) is 32.0 Å². The van der Waals surface area contributed by atoms with Crippen molar-refractivity contribution >= 4 is 17.8 Å². The summed E-state index contributed by atoms with van der Waals surface area (Å²) < 4.78 is 0. The number of carbonyl (C=O) groups excluding carboxylic acids is 1. The predicted molar refractivity (Wildman–Crippen MR) is 148 cm³/mol. The van der Waals surface area contributed by atoms with Gasteiger partial charge in [0, 0.05) is 38.4 Å². The first-order valence-electron chi connectivity index (χ1n) is 13.8. The Labute approximate surface area is 221 Å². The Hall–Kier alpha value is -3.13. The van der Waals surface area contributed by atoms with E-state index in [2.05, 4.69) is 39.8 Å². The maximum atomic E-state index is 12.4. The van der Waals surface area contributed by atoms with Gasteiger partial charge in [0.1, 0.15) is 11.9 Å². The minimum absolute atomic E-state index is 0.319. The summed E-state index contributed by atoms with van der Waals surface area (Å²) in [6.45, 7) is 8.21. The number of aryl methyl sites for hydroxylation is 2. The van der Waals surface area contributed by atoms with E-state index in [1.165, 1.54) is 11.1 Å². The van der Waals surface area contributed by atoms with Crippen LogP contribution < -0.4 is 10.6 Å². The van der Waals surface area contributed by atoms with Gasteiger partial charge in [0.15, 0.2) is 0 Å². The summed E-state index contributed by atoms with van der Waals surface area (Å²) in [5, 5.41) is 15.8. The molecule has 1 aliphatic heterocycles.